The Morgan fingerprint density at radius 1 is 1.30 bits per heavy atom. The van der Waals surface area contributed by atoms with Crippen molar-refractivity contribution in [3.05, 3.63) is 0 Å². The molecule has 2 heteroatoms. The van der Waals surface area contributed by atoms with Crippen molar-refractivity contribution in [1.82, 2.24) is 4.90 Å². The predicted octanol–water partition coefficient (Wildman–Crippen LogP) is 1.22. The molecule has 0 radical (unpaired) electrons. The standard InChI is InChI=1S/C8H15NO/c1-9-6-5-8(10-7-9)3-2-4-8/h2-7H2,1H3. The SMILES string of the molecule is CN1CCC2(CCC2)OC1. The van der Waals surface area contributed by atoms with Gasteiger partial charge >= 0.3 is 0 Å². The Hall–Kier alpha value is -0.0800. The molecule has 10 heavy (non-hydrogen) atoms. The van der Waals surface area contributed by atoms with Crippen LogP contribution in [0.15, 0.2) is 0 Å². The van der Waals surface area contributed by atoms with Crippen LogP contribution in [0, 0.1) is 0 Å². The lowest BCUT2D eigenvalue weighted by molar-refractivity contribution is -0.169. The highest BCUT2D eigenvalue weighted by Crippen LogP contribution is 2.40. The number of rotatable bonds is 0. The highest BCUT2D eigenvalue weighted by atomic mass is 16.5. The summed E-state index contributed by atoms with van der Waals surface area (Å²) in [6, 6.07) is 0. The van der Waals surface area contributed by atoms with Gasteiger partial charge in [-0.05, 0) is 32.7 Å². The summed E-state index contributed by atoms with van der Waals surface area (Å²) in [6.07, 6.45) is 5.24. The van der Waals surface area contributed by atoms with Crippen molar-refractivity contribution in [2.45, 2.75) is 31.3 Å². The normalized spacial score (nSPS) is 32.1. The third-order valence-corrected chi connectivity index (χ3v) is 2.81. The van der Waals surface area contributed by atoms with Crippen LogP contribution in [0.5, 0.6) is 0 Å². The topological polar surface area (TPSA) is 12.5 Å². The van der Waals surface area contributed by atoms with Crippen molar-refractivity contribution < 1.29 is 4.74 Å². The van der Waals surface area contributed by atoms with Crippen LogP contribution >= 0.6 is 0 Å². The second-order valence-corrected chi connectivity index (χ2v) is 3.64. The van der Waals surface area contributed by atoms with E-state index in [2.05, 4.69) is 11.9 Å². The van der Waals surface area contributed by atoms with Gasteiger partial charge in [0.15, 0.2) is 0 Å². The third-order valence-electron chi connectivity index (χ3n) is 2.81. The van der Waals surface area contributed by atoms with Gasteiger partial charge in [0, 0.05) is 6.54 Å². The summed E-state index contributed by atoms with van der Waals surface area (Å²) in [5, 5.41) is 0. The van der Waals surface area contributed by atoms with Gasteiger partial charge < -0.3 is 4.74 Å². The van der Waals surface area contributed by atoms with Gasteiger partial charge in [-0.15, -0.1) is 0 Å². The second-order valence-electron chi connectivity index (χ2n) is 3.64. The van der Waals surface area contributed by atoms with Crippen LogP contribution < -0.4 is 0 Å². The van der Waals surface area contributed by atoms with Crippen LogP contribution in [-0.2, 0) is 4.74 Å². The molecule has 0 aromatic heterocycles. The smallest absolute Gasteiger partial charge is 0.0995 e. The lowest BCUT2D eigenvalue weighted by atomic mass is 9.77. The molecule has 58 valence electrons. The molecule has 0 unspecified atom stereocenters. The van der Waals surface area contributed by atoms with E-state index in [1.54, 1.807) is 0 Å². The van der Waals surface area contributed by atoms with E-state index in [0.29, 0.717) is 5.60 Å². The van der Waals surface area contributed by atoms with E-state index in [-0.39, 0.29) is 0 Å². The number of nitrogens with zero attached hydrogens (tertiary/aromatic N) is 1. The van der Waals surface area contributed by atoms with Gasteiger partial charge in [-0.3, -0.25) is 4.90 Å². The molecule has 0 N–H and O–H groups in total. The minimum absolute atomic E-state index is 0.340. The summed E-state index contributed by atoms with van der Waals surface area (Å²) in [4.78, 5) is 2.24. The molecule has 0 atom stereocenters. The molecular weight excluding hydrogens is 126 g/mol. The Labute approximate surface area is 62.2 Å². The third kappa shape index (κ3) is 0.956. The van der Waals surface area contributed by atoms with Gasteiger partial charge in [0.1, 0.15) is 0 Å². The van der Waals surface area contributed by atoms with Crippen molar-refractivity contribution in [2.24, 2.45) is 0 Å². The Morgan fingerprint density at radius 2 is 2.10 bits per heavy atom. The molecule has 0 bridgehead atoms. The summed E-state index contributed by atoms with van der Waals surface area (Å²) in [5.41, 5.74) is 0.340. The molecule has 2 fully saturated rings. The molecule has 1 aliphatic heterocycles. The first-order chi connectivity index (χ1) is 4.81. The average molecular weight is 141 g/mol. The molecule has 2 aliphatic rings. The molecule has 1 saturated carbocycles. The average Bonchev–Trinajstić information content (AvgIpc) is 1.86. The first kappa shape index (κ1) is 6.62. The predicted molar refractivity (Wildman–Crippen MR) is 39.8 cm³/mol. The largest absolute Gasteiger partial charge is 0.360 e. The monoisotopic (exact) mass is 141 g/mol. The second kappa shape index (κ2) is 2.21. The highest BCUT2D eigenvalue weighted by molar-refractivity contribution is 4.91. The van der Waals surface area contributed by atoms with Gasteiger partial charge in [0.25, 0.3) is 0 Å². The number of ether oxygens (including phenoxy) is 1. The molecule has 0 amide bonds. The number of hydrogen-bond donors (Lipinski definition) is 0. The van der Waals surface area contributed by atoms with Crippen LogP contribution in [-0.4, -0.2) is 30.8 Å². The molecule has 1 saturated heterocycles. The summed E-state index contributed by atoms with van der Waals surface area (Å²) < 4.78 is 5.74. The maximum Gasteiger partial charge on any atom is 0.0995 e. The fraction of sp³-hybridized carbons (Fsp3) is 1.00. The molecule has 0 aromatic carbocycles. The fourth-order valence-electron chi connectivity index (χ4n) is 1.74. The molecule has 2 rings (SSSR count). The van der Waals surface area contributed by atoms with E-state index >= 15 is 0 Å². The fourth-order valence-corrected chi connectivity index (χ4v) is 1.74. The Balaban J connectivity index is 1.90. The Morgan fingerprint density at radius 3 is 2.50 bits per heavy atom. The summed E-state index contributed by atoms with van der Waals surface area (Å²) in [6.45, 7) is 2.07. The minimum Gasteiger partial charge on any atom is -0.360 e. The lowest BCUT2D eigenvalue weighted by Gasteiger charge is -2.46. The van der Waals surface area contributed by atoms with Crippen LogP contribution in [0.1, 0.15) is 25.7 Å². The molecule has 1 spiro atoms. The maximum atomic E-state index is 5.74. The first-order valence-electron chi connectivity index (χ1n) is 4.13. The lowest BCUT2D eigenvalue weighted by Crippen LogP contribution is -2.49. The van der Waals surface area contributed by atoms with Crippen LogP contribution in [0.2, 0.25) is 0 Å². The quantitative estimate of drug-likeness (QED) is 0.503. The maximum absolute atomic E-state index is 5.74. The molecule has 1 heterocycles. The van der Waals surface area contributed by atoms with Crippen molar-refractivity contribution in [3.63, 3.8) is 0 Å². The Kier molecular flexibility index (Phi) is 1.46. The Bertz CT molecular complexity index is 121. The van der Waals surface area contributed by atoms with Crippen molar-refractivity contribution in [3.8, 4) is 0 Å². The van der Waals surface area contributed by atoms with E-state index in [0.717, 1.165) is 6.73 Å². The van der Waals surface area contributed by atoms with Crippen LogP contribution in [0.4, 0.5) is 0 Å². The van der Waals surface area contributed by atoms with E-state index in [1.165, 1.54) is 32.2 Å². The zero-order valence-corrected chi connectivity index (χ0v) is 6.60. The molecule has 1 aliphatic carbocycles. The van der Waals surface area contributed by atoms with Crippen molar-refractivity contribution in [2.75, 3.05) is 20.3 Å². The van der Waals surface area contributed by atoms with Gasteiger partial charge in [0.2, 0.25) is 0 Å². The summed E-state index contributed by atoms with van der Waals surface area (Å²) in [7, 11) is 2.12. The van der Waals surface area contributed by atoms with Gasteiger partial charge in [-0.25, -0.2) is 0 Å². The van der Waals surface area contributed by atoms with Gasteiger partial charge in [0.05, 0.1) is 12.3 Å². The highest BCUT2D eigenvalue weighted by Gasteiger charge is 2.40. The number of hydrogen-bond acceptors (Lipinski definition) is 2. The van der Waals surface area contributed by atoms with Crippen LogP contribution in [0.3, 0.4) is 0 Å². The van der Waals surface area contributed by atoms with Gasteiger partial charge in [-0.2, -0.15) is 0 Å². The van der Waals surface area contributed by atoms with E-state index in [1.807, 2.05) is 0 Å². The van der Waals surface area contributed by atoms with E-state index in [4.69, 9.17) is 4.74 Å². The zero-order valence-electron chi connectivity index (χ0n) is 6.60. The van der Waals surface area contributed by atoms with E-state index < -0.39 is 0 Å². The molecule has 0 aromatic rings. The zero-order chi connectivity index (χ0) is 7.03. The van der Waals surface area contributed by atoms with Crippen molar-refractivity contribution >= 4 is 0 Å². The summed E-state index contributed by atoms with van der Waals surface area (Å²) >= 11 is 0. The van der Waals surface area contributed by atoms with Crippen LogP contribution in [0.25, 0.3) is 0 Å². The molecular formula is C8H15NO. The van der Waals surface area contributed by atoms with E-state index in [9.17, 15) is 0 Å². The first-order valence-corrected chi connectivity index (χ1v) is 4.13. The minimum atomic E-state index is 0.340. The van der Waals surface area contributed by atoms with Gasteiger partial charge in [-0.1, -0.05) is 0 Å². The van der Waals surface area contributed by atoms with Crippen molar-refractivity contribution in [1.29, 1.82) is 0 Å². The summed E-state index contributed by atoms with van der Waals surface area (Å²) in [5.74, 6) is 0. The molecule has 2 nitrogen and oxygen atoms in total.